The number of ether oxygens (including phenoxy) is 1. The Morgan fingerprint density at radius 3 is 2.58 bits per heavy atom. The Kier molecular flexibility index (Phi) is 4.20. The number of rotatable bonds is 5. The molecule has 100 valence electrons. The maximum absolute atomic E-state index is 12.0. The molecule has 1 aliphatic rings. The first-order valence-corrected chi connectivity index (χ1v) is 6.75. The molecule has 19 heavy (non-hydrogen) atoms. The topological polar surface area (TPSA) is 26.3 Å². The highest BCUT2D eigenvalue weighted by molar-refractivity contribution is 5.92. The van der Waals surface area contributed by atoms with Crippen LogP contribution in [-0.2, 0) is 9.53 Å². The van der Waals surface area contributed by atoms with Crippen molar-refractivity contribution in [3.63, 3.8) is 0 Å². The van der Waals surface area contributed by atoms with Crippen molar-refractivity contribution in [2.75, 3.05) is 0 Å². The Balaban J connectivity index is 2.39. The second-order valence-corrected chi connectivity index (χ2v) is 5.08. The number of hydrogen-bond donors (Lipinski definition) is 0. The second kappa shape index (κ2) is 5.87. The molecule has 1 heterocycles. The first kappa shape index (κ1) is 13.6. The van der Waals surface area contributed by atoms with E-state index in [0.29, 0.717) is 0 Å². The number of carbonyl (C=O) groups is 1. The lowest BCUT2D eigenvalue weighted by atomic mass is 9.92. The molecule has 1 aromatic rings. The molecule has 1 aliphatic heterocycles. The highest BCUT2D eigenvalue weighted by atomic mass is 16.5. The fourth-order valence-corrected chi connectivity index (χ4v) is 2.47. The van der Waals surface area contributed by atoms with Crippen molar-refractivity contribution < 1.29 is 9.53 Å². The summed E-state index contributed by atoms with van der Waals surface area (Å²) in [5.41, 5.74) is 4.03. The first-order chi connectivity index (χ1) is 9.13. The lowest BCUT2D eigenvalue weighted by Gasteiger charge is -2.14. The van der Waals surface area contributed by atoms with E-state index in [2.05, 4.69) is 13.5 Å². The van der Waals surface area contributed by atoms with Gasteiger partial charge in [-0.25, -0.2) is 4.79 Å². The van der Waals surface area contributed by atoms with Gasteiger partial charge in [-0.2, -0.15) is 0 Å². The van der Waals surface area contributed by atoms with Gasteiger partial charge in [-0.1, -0.05) is 55.8 Å². The van der Waals surface area contributed by atoms with E-state index < -0.39 is 0 Å². The van der Waals surface area contributed by atoms with Crippen LogP contribution in [0.25, 0.3) is 0 Å². The Bertz CT molecular complexity index is 511. The highest BCUT2D eigenvalue weighted by Gasteiger charge is 2.33. The van der Waals surface area contributed by atoms with Crippen LogP contribution in [0.1, 0.15) is 44.8 Å². The van der Waals surface area contributed by atoms with E-state index in [1.54, 1.807) is 0 Å². The van der Waals surface area contributed by atoms with E-state index in [4.69, 9.17) is 4.74 Å². The summed E-state index contributed by atoms with van der Waals surface area (Å²) in [5, 5.41) is 0. The molecular weight excluding hydrogens is 236 g/mol. The molecule has 0 spiro atoms. The van der Waals surface area contributed by atoms with Crippen molar-refractivity contribution in [3.8, 4) is 0 Å². The van der Waals surface area contributed by atoms with Crippen LogP contribution < -0.4 is 0 Å². The van der Waals surface area contributed by atoms with Crippen LogP contribution in [0.4, 0.5) is 0 Å². The van der Waals surface area contributed by atoms with Crippen molar-refractivity contribution in [2.45, 2.75) is 39.2 Å². The molecule has 2 nitrogen and oxygen atoms in total. The fraction of sp³-hybridized carbons (Fsp3) is 0.353. The average molecular weight is 256 g/mol. The van der Waals surface area contributed by atoms with E-state index in [9.17, 15) is 4.79 Å². The lowest BCUT2D eigenvalue weighted by Crippen LogP contribution is -2.03. The van der Waals surface area contributed by atoms with Gasteiger partial charge in [0.05, 0.1) is 0 Å². The molecule has 0 bridgehead atoms. The molecule has 1 aromatic carbocycles. The maximum Gasteiger partial charge on any atom is 0.335 e. The predicted octanol–water partition coefficient (Wildman–Crippen LogP) is 4.35. The Morgan fingerprint density at radius 1 is 1.32 bits per heavy atom. The van der Waals surface area contributed by atoms with E-state index in [0.717, 1.165) is 41.5 Å². The zero-order valence-electron chi connectivity index (χ0n) is 11.6. The number of hydrogen-bond acceptors (Lipinski definition) is 2. The summed E-state index contributed by atoms with van der Waals surface area (Å²) in [6.07, 6.45) is 2.24. The van der Waals surface area contributed by atoms with Crippen LogP contribution in [0, 0.1) is 0 Å². The fourth-order valence-electron chi connectivity index (χ4n) is 2.47. The summed E-state index contributed by atoms with van der Waals surface area (Å²) in [5.74, 6) is -0.160. The van der Waals surface area contributed by atoms with Gasteiger partial charge >= 0.3 is 5.97 Å². The number of esters is 1. The monoisotopic (exact) mass is 256 g/mol. The molecule has 2 rings (SSSR count). The van der Waals surface area contributed by atoms with Crippen LogP contribution in [0.15, 0.2) is 53.6 Å². The molecule has 2 heteroatoms. The molecule has 1 atom stereocenters. The molecular formula is C17H20O2. The van der Waals surface area contributed by atoms with Crippen molar-refractivity contribution >= 4 is 5.97 Å². The van der Waals surface area contributed by atoms with E-state index in [1.807, 2.05) is 37.3 Å². The molecule has 0 amide bonds. The van der Waals surface area contributed by atoms with Crippen molar-refractivity contribution in [2.24, 2.45) is 0 Å². The van der Waals surface area contributed by atoms with Gasteiger partial charge in [0.1, 0.15) is 6.10 Å². The summed E-state index contributed by atoms with van der Waals surface area (Å²) >= 11 is 0. The van der Waals surface area contributed by atoms with Crippen LogP contribution in [0.3, 0.4) is 0 Å². The average Bonchev–Trinajstić information content (AvgIpc) is 2.68. The first-order valence-electron chi connectivity index (χ1n) is 6.75. The number of carbonyl (C=O) groups excluding carboxylic acids is 1. The summed E-state index contributed by atoms with van der Waals surface area (Å²) in [4.78, 5) is 12.0. The summed E-state index contributed by atoms with van der Waals surface area (Å²) < 4.78 is 5.57. The van der Waals surface area contributed by atoms with Crippen molar-refractivity contribution in [1.82, 2.24) is 0 Å². The van der Waals surface area contributed by atoms with Gasteiger partial charge in [-0.3, -0.25) is 0 Å². The van der Waals surface area contributed by atoms with E-state index in [1.165, 1.54) is 0 Å². The summed E-state index contributed by atoms with van der Waals surface area (Å²) in [7, 11) is 0. The zero-order valence-corrected chi connectivity index (χ0v) is 11.6. The van der Waals surface area contributed by atoms with Gasteiger partial charge in [0.15, 0.2) is 0 Å². The third kappa shape index (κ3) is 2.95. The van der Waals surface area contributed by atoms with E-state index >= 15 is 0 Å². The molecule has 0 aromatic heterocycles. The third-order valence-corrected chi connectivity index (χ3v) is 3.27. The summed E-state index contributed by atoms with van der Waals surface area (Å²) in [6, 6.07) is 9.92. The van der Waals surface area contributed by atoms with Crippen LogP contribution in [0.2, 0.25) is 0 Å². The smallest absolute Gasteiger partial charge is 0.335 e. The SMILES string of the molecule is C=C(C)CC1=C(CCC)C(=O)OC1c1ccccc1. The van der Waals surface area contributed by atoms with Gasteiger partial charge < -0.3 is 4.74 Å². The van der Waals surface area contributed by atoms with Gasteiger partial charge in [0, 0.05) is 5.57 Å². The van der Waals surface area contributed by atoms with Gasteiger partial charge in [-0.15, -0.1) is 0 Å². The molecule has 0 aliphatic carbocycles. The molecule has 0 fully saturated rings. The summed E-state index contributed by atoms with van der Waals surface area (Å²) in [6.45, 7) is 8.03. The van der Waals surface area contributed by atoms with Crippen molar-refractivity contribution in [3.05, 3.63) is 59.2 Å². The maximum atomic E-state index is 12.0. The van der Waals surface area contributed by atoms with Gasteiger partial charge in [0.25, 0.3) is 0 Å². The normalized spacial score (nSPS) is 18.6. The Hall–Kier alpha value is -1.83. The molecule has 1 unspecified atom stereocenters. The minimum atomic E-state index is -0.230. The minimum absolute atomic E-state index is 0.160. The predicted molar refractivity (Wildman–Crippen MR) is 76.6 cm³/mol. The van der Waals surface area contributed by atoms with Gasteiger partial charge in [0.2, 0.25) is 0 Å². The van der Waals surface area contributed by atoms with Crippen LogP contribution in [0.5, 0.6) is 0 Å². The lowest BCUT2D eigenvalue weighted by molar-refractivity contribution is -0.140. The second-order valence-electron chi connectivity index (χ2n) is 5.08. The Labute approximate surface area is 114 Å². The molecule has 0 N–H and O–H groups in total. The number of allylic oxidation sites excluding steroid dienone is 1. The number of benzene rings is 1. The van der Waals surface area contributed by atoms with Crippen LogP contribution >= 0.6 is 0 Å². The Morgan fingerprint density at radius 2 is 2.00 bits per heavy atom. The molecule has 0 radical (unpaired) electrons. The minimum Gasteiger partial charge on any atom is -0.450 e. The zero-order chi connectivity index (χ0) is 13.8. The standard InChI is InChI=1S/C17H20O2/c1-4-8-14-15(11-12(2)3)16(19-17(14)18)13-9-6-5-7-10-13/h5-7,9-10,16H,2,4,8,11H2,1,3H3. The quantitative estimate of drug-likeness (QED) is 0.578. The number of cyclic esters (lactones) is 1. The van der Waals surface area contributed by atoms with Crippen molar-refractivity contribution in [1.29, 1.82) is 0 Å². The highest BCUT2D eigenvalue weighted by Crippen LogP contribution is 2.39. The third-order valence-electron chi connectivity index (χ3n) is 3.27. The van der Waals surface area contributed by atoms with E-state index in [-0.39, 0.29) is 12.1 Å². The van der Waals surface area contributed by atoms with Gasteiger partial charge in [-0.05, 0) is 30.9 Å². The largest absolute Gasteiger partial charge is 0.450 e. The van der Waals surface area contributed by atoms with Crippen LogP contribution in [-0.4, -0.2) is 5.97 Å². The molecule has 0 saturated heterocycles. The molecule has 0 saturated carbocycles.